The largest absolute Gasteiger partial charge is 0.396 e. The fraction of sp³-hybridized carbons (Fsp3) is 0.483. The van der Waals surface area contributed by atoms with Crippen molar-refractivity contribution in [1.82, 2.24) is 14.8 Å². The highest BCUT2D eigenvalue weighted by Crippen LogP contribution is 2.50. The van der Waals surface area contributed by atoms with Crippen LogP contribution >= 0.6 is 0 Å². The number of aromatic nitrogens is 1. The van der Waals surface area contributed by atoms with Crippen molar-refractivity contribution < 1.29 is 14.7 Å². The molecule has 0 radical (unpaired) electrons. The lowest BCUT2D eigenvalue weighted by Gasteiger charge is -2.41. The minimum absolute atomic E-state index is 0.0195. The normalized spacial score (nSPS) is 27.1. The Kier molecular flexibility index (Phi) is 6.04. The summed E-state index contributed by atoms with van der Waals surface area (Å²) in [5.41, 5.74) is 2.14. The number of hydrogen-bond donors (Lipinski definition) is 2. The summed E-state index contributed by atoms with van der Waals surface area (Å²) in [7, 11) is 0. The van der Waals surface area contributed by atoms with Crippen molar-refractivity contribution in [3.8, 4) is 0 Å². The molecule has 2 aliphatic carbocycles. The van der Waals surface area contributed by atoms with Gasteiger partial charge in [0, 0.05) is 42.8 Å². The lowest BCUT2D eigenvalue weighted by Crippen LogP contribution is -2.51. The zero-order valence-electron chi connectivity index (χ0n) is 20.4. The number of benzene rings is 1. The fourth-order valence-corrected chi connectivity index (χ4v) is 6.15. The molecule has 3 fully saturated rings. The average molecular weight is 488 g/mol. The van der Waals surface area contributed by atoms with Crippen LogP contribution in [-0.4, -0.2) is 45.6 Å². The van der Waals surface area contributed by atoms with Crippen molar-refractivity contribution in [3.63, 3.8) is 0 Å². The Morgan fingerprint density at radius 3 is 2.47 bits per heavy atom. The zero-order valence-corrected chi connectivity index (χ0v) is 20.4. The second-order valence-corrected chi connectivity index (χ2v) is 10.8. The number of pyridine rings is 1. The van der Waals surface area contributed by atoms with E-state index in [0.717, 1.165) is 37.7 Å². The summed E-state index contributed by atoms with van der Waals surface area (Å²) >= 11 is 0. The first-order valence-corrected chi connectivity index (χ1v) is 13.2. The number of carbonyl (C=O) groups is 2. The van der Waals surface area contributed by atoms with E-state index in [1.54, 1.807) is 10.6 Å². The van der Waals surface area contributed by atoms with Gasteiger partial charge in [-0.2, -0.15) is 0 Å². The van der Waals surface area contributed by atoms with Gasteiger partial charge in [0.2, 0.25) is 11.8 Å². The summed E-state index contributed by atoms with van der Waals surface area (Å²) < 4.78 is 1.74. The van der Waals surface area contributed by atoms with Crippen molar-refractivity contribution in [2.45, 2.75) is 50.7 Å². The first kappa shape index (κ1) is 23.2. The molecular formula is C29H33N3O4. The number of nitrogens with one attached hydrogen (secondary N) is 1. The SMILES string of the molecule is O=C(NCC1CC1)[C@H]1[C@H](CO)[C@H]2Cn3c(ccc(/C=C/c4ccccc4)c3=O)[C@@H]1N2C(=O)C1CCC1. The number of amides is 2. The molecule has 3 heterocycles. The Labute approximate surface area is 210 Å². The van der Waals surface area contributed by atoms with Gasteiger partial charge >= 0.3 is 0 Å². The molecule has 2 saturated carbocycles. The third kappa shape index (κ3) is 3.99. The van der Waals surface area contributed by atoms with Gasteiger partial charge in [-0.05, 0) is 55.4 Å². The molecule has 1 aromatic carbocycles. The van der Waals surface area contributed by atoms with Crippen LogP contribution in [0.15, 0.2) is 47.3 Å². The van der Waals surface area contributed by atoms with Gasteiger partial charge in [-0.15, -0.1) is 0 Å². The highest BCUT2D eigenvalue weighted by molar-refractivity contribution is 5.86. The number of aliphatic hydroxyl groups is 1. The van der Waals surface area contributed by atoms with Crippen molar-refractivity contribution >= 4 is 24.0 Å². The van der Waals surface area contributed by atoms with Crippen LogP contribution in [0.3, 0.4) is 0 Å². The van der Waals surface area contributed by atoms with E-state index in [0.29, 0.717) is 30.3 Å². The zero-order chi connectivity index (χ0) is 24.8. The van der Waals surface area contributed by atoms with Gasteiger partial charge in [-0.25, -0.2) is 0 Å². The molecule has 6 rings (SSSR count). The molecule has 0 spiro atoms. The predicted octanol–water partition coefficient (Wildman–Crippen LogP) is 2.84. The van der Waals surface area contributed by atoms with Crippen LogP contribution in [0.25, 0.3) is 12.2 Å². The number of aliphatic hydroxyl groups excluding tert-OH is 1. The second kappa shape index (κ2) is 9.36. The average Bonchev–Trinajstić information content (AvgIpc) is 3.65. The van der Waals surface area contributed by atoms with E-state index in [1.807, 2.05) is 53.5 Å². The van der Waals surface area contributed by atoms with E-state index >= 15 is 0 Å². The van der Waals surface area contributed by atoms with Gasteiger partial charge in [-0.3, -0.25) is 14.4 Å². The van der Waals surface area contributed by atoms with E-state index in [2.05, 4.69) is 5.32 Å². The van der Waals surface area contributed by atoms with Crippen LogP contribution in [0.4, 0.5) is 0 Å². The Hall–Kier alpha value is -3.19. The standard InChI is InChI=1S/C29H33N3O4/c33-17-22-24-16-31-23(14-13-21(28(31)35)12-11-18-5-2-1-3-6-18)26(32(24)29(36)20-7-4-8-20)25(22)27(34)30-15-19-9-10-19/h1-3,5-6,11-14,19-20,22,24-26,33H,4,7-10,15-17H2,(H,30,34)/b12-11+/t22-,24-,25+,26+/m1/s1. The lowest BCUT2D eigenvalue weighted by atomic mass is 9.83. The van der Waals surface area contributed by atoms with Crippen molar-refractivity contribution in [3.05, 3.63) is 69.6 Å². The predicted molar refractivity (Wildman–Crippen MR) is 137 cm³/mol. The van der Waals surface area contributed by atoms with Gasteiger partial charge in [0.05, 0.1) is 18.0 Å². The van der Waals surface area contributed by atoms with Crippen LogP contribution in [0, 0.1) is 23.7 Å². The molecular weight excluding hydrogens is 454 g/mol. The maximum atomic E-state index is 13.6. The van der Waals surface area contributed by atoms with Crippen LogP contribution in [-0.2, 0) is 16.1 Å². The van der Waals surface area contributed by atoms with Crippen LogP contribution in [0.5, 0.6) is 0 Å². The molecule has 2 N–H and O–H groups in total. The molecule has 188 valence electrons. The summed E-state index contributed by atoms with van der Waals surface area (Å²) in [6.45, 7) is 0.742. The molecule has 2 aliphatic heterocycles. The third-order valence-corrected chi connectivity index (χ3v) is 8.60. The van der Waals surface area contributed by atoms with E-state index in [1.165, 1.54) is 0 Å². The Morgan fingerprint density at radius 2 is 1.81 bits per heavy atom. The maximum Gasteiger partial charge on any atom is 0.258 e. The summed E-state index contributed by atoms with van der Waals surface area (Å²) in [6, 6.07) is 12.6. The van der Waals surface area contributed by atoms with Crippen LogP contribution in [0.1, 0.15) is 55.0 Å². The van der Waals surface area contributed by atoms with E-state index in [4.69, 9.17) is 0 Å². The molecule has 1 aromatic heterocycles. The Balaban J connectivity index is 1.38. The fourth-order valence-electron chi connectivity index (χ4n) is 6.15. The van der Waals surface area contributed by atoms with Gasteiger partial charge < -0.3 is 19.9 Å². The second-order valence-electron chi connectivity index (χ2n) is 10.8. The molecule has 7 heteroatoms. The number of nitrogens with zero attached hydrogens (tertiary/aromatic N) is 2. The maximum absolute atomic E-state index is 13.6. The van der Waals surface area contributed by atoms with E-state index < -0.39 is 17.9 Å². The molecule has 4 aliphatic rings. The first-order chi connectivity index (χ1) is 17.6. The third-order valence-electron chi connectivity index (χ3n) is 8.60. The van der Waals surface area contributed by atoms with E-state index in [9.17, 15) is 19.5 Å². The number of carbonyl (C=O) groups excluding carboxylic acids is 2. The van der Waals surface area contributed by atoms with Gasteiger partial charge in [-0.1, -0.05) is 42.8 Å². The smallest absolute Gasteiger partial charge is 0.258 e. The minimum atomic E-state index is -0.568. The first-order valence-electron chi connectivity index (χ1n) is 13.2. The topological polar surface area (TPSA) is 91.6 Å². The summed E-state index contributed by atoms with van der Waals surface area (Å²) in [5.74, 6) is -0.506. The van der Waals surface area contributed by atoms with Crippen LogP contribution in [0.2, 0.25) is 0 Å². The molecule has 2 amide bonds. The number of fused-ring (bicyclic) bond motifs is 4. The molecule has 2 bridgehead atoms. The molecule has 36 heavy (non-hydrogen) atoms. The van der Waals surface area contributed by atoms with Crippen LogP contribution < -0.4 is 10.9 Å². The summed E-state index contributed by atoms with van der Waals surface area (Å²) in [6.07, 6.45) is 8.77. The monoisotopic (exact) mass is 487 g/mol. The highest BCUT2D eigenvalue weighted by Gasteiger charge is 2.58. The summed E-state index contributed by atoms with van der Waals surface area (Å²) in [5, 5.41) is 13.5. The molecule has 1 saturated heterocycles. The van der Waals surface area contributed by atoms with Crippen molar-refractivity contribution in [2.75, 3.05) is 13.2 Å². The van der Waals surface area contributed by atoms with Gasteiger partial charge in [0.1, 0.15) is 0 Å². The number of rotatable bonds is 7. The number of hydrogen-bond acceptors (Lipinski definition) is 4. The van der Waals surface area contributed by atoms with Crippen molar-refractivity contribution in [2.24, 2.45) is 23.7 Å². The van der Waals surface area contributed by atoms with Crippen molar-refractivity contribution in [1.29, 1.82) is 0 Å². The minimum Gasteiger partial charge on any atom is -0.396 e. The quantitative estimate of drug-likeness (QED) is 0.628. The molecule has 2 aromatic rings. The Bertz CT molecular complexity index is 1240. The molecule has 0 unspecified atom stereocenters. The lowest BCUT2D eigenvalue weighted by molar-refractivity contribution is -0.143. The summed E-state index contributed by atoms with van der Waals surface area (Å²) in [4.78, 5) is 42.5. The highest BCUT2D eigenvalue weighted by atomic mass is 16.3. The van der Waals surface area contributed by atoms with E-state index in [-0.39, 0.29) is 35.9 Å². The van der Waals surface area contributed by atoms with Gasteiger partial charge in [0.25, 0.3) is 5.56 Å². The van der Waals surface area contributed by atoms with Gasteiger partial charge in [0.15, 0.2) is 0 Å². The molecule has 7 nitrogen and oxygen atoms in total. The Morgan fingerprint density at radius 1 is 1.03 bits per heavy atom. The molecule has 4 atom stereocenters.